The van der Waals surface area contributed by atoms with Crippen LogP contribution in [0.15, 0.2) is 30.5 Å². The number of aromatic nitrogens is 4. The van der Waals surface area contributed by atoms with E-state index in [1.165, 1.54) is 11.3 Å². The predicted molar refractivity (Wildman–Crippen MR) is 113 cm³/mol. The lowest BCUT2D eigenvalue weighted by molar-refractivity contribution is 0.0913. The van der Waals surface area contributed by atoms with Gasteiger partial charge >= 0.3 is 0 Å². The van der Waals surface area contributed by atoms with E-state index in [4.69, 9.17) is 5.10 Å². The van der Waals surface area contributed by atoms with Gasteiger partial charge in [0.25, 0.3) is 5.91 Å². The molecule has 29 heavy (non-hydrogen) atoms. The van der Waals surface area contributed by atoms with Crippen molar-refractivity contribution in [1.29, 1.82) is 0 Å². The van der Waals surface area contributed by atoms with Gasteiger partial charge < -0.3 is 5.32 Å². The monoisotopic (exact) mass is 391 g/mol. The molecule has 2 N–H and O–H groups in total. The van der Waals surface area contributed by atoms with Crippen molar-refractivity contribution in [2.45, 2.75) is 59.9 Å². The molecule has 1 aliphatic carbocycles. The molecule has 2 aromatic heterocycles. The maximum absolute atomic E-state index is 13.0. The Balaban J connectivity index is 1.69. The Morgan fingerprint density at radius 3 is 2.76 bits per heavy atom. The molecule has 0 radical (unpaired) electrons. The Hall–Kier alpha value is -2.89. The minimum Gasteiger partial charge on any atom is -0.344 e. The molecule has 152 valence electrons. The van der Waals surface area contributed by atoms with Crippen LogP contribution in [-0.4, -0.2) is 25.9 Å². The molecule has 0 bridgehead atoms. The molecule has 6 heteroatoms. The fourth-order valence-electron chi connectivity index (χ4n) is 4.41. The molecule has 0 aliphatic heterocycles. The molecule has 1 aliphatic rings. The van der Waals surface area contributed by atoms with E-state index in [-0.39, 0.29) is 17.4 Å². The molecule has 0 spiro atoms. The molecule has 1 atom stereocenters. The number of hydrogen-bond donors (Lipinski definition) is 2. The van der Waals surface area contributed by atoms with Crippen molar-refractivity contribution < 1.29 is 4.79 Å². The summed E-state index contributed by atoms with van der Waals surface area (Å²) in [4.78, 5) is 13.0. The van der Waals surface area contributed by atoms with Crippen molar-refractivity contribution >= 4 is 5.91 Å². The van der Waals surface area contributed by atoms with Crippen LogP contribution >= 0.6 is 0 Å². The highest BCUT2D eigenvalue weighted by atomic mass is 16.2. The Morgan fingerprint density at radius 2 is 2.07 bits per heavy atom. The van der Waals surface area contributed by atoms with Gasteiger partial charge in [-0.2, -0.15) is 10.2 Å². The van der Waals surface area contributed by atoms with Gasteiger partial charge in [0.1, 0.15) is 0 Å². The topological polar surface area (TPSA) is 75.6 Å². The Kier molecular flexibility index (Phi) is 4.81. The summed E-state index contributed by atoms with van der Waals surface area (Å²) in [6, 6.07) is 8.19. The minimum atomic E-state index is -0.129. The summed E-state index contributed by atoms with van der Waals surface area (Å²) >= 11 is 0. The van der Waals surface area contributed by atoms with Crippen molar-refractivity contribution in [2.75, 3.05) is 0 Å². The quantitative estimate of drug-likeness (QED) is 0.699. The molecule has 0 unspecified atom stereocenters. The SMILES string of the molecule is CCc1[nH]nc(C(=O)N[C@H]2CC(C)(C)Cc3c2cnn3-c2ccccc2C)c1C. The number of aromatic amines is 1. The zero-order valence-corrected chi connectivity index (χ0v) is 17.8. The summed E-state index contributed by atoms with van der Waals surface area (Å²) in [5.74, 6) is -0.129. The van der Waals surface area contributed by atoms with Gasteiger partial charge in [-0.15, -0.1) is 0 Å². The third kappa shape index (κ3) is 3.48. The van der Waals surface area contributed by atoms with Gasteiger partial charge in [0.05, 0.1) is 23.6 Å². The van der Waals surface area contributed by atoms with E-state index in [1.807, 2.05) is 29.9 Å². The second-order valence-electron chi connectivity index (χ2n) is 8.85. The highest BCUT2D eigenvalue weighted by Gasteiger charge is 2.36. The van der Waals surface area contributed by atoms with E-state index in [1.54, 1.807) is 0 Å². The number of nitrogens with zero attached hydrogens (tertiary/aromatic N) is 3. The van der Waals surface area contributed by atoms with Gasteiger partial charge in [0.15, 0.2) is 5.69 Å². The molecular formula is C23H29N5O. The number of para-hydroxylation sites is 1. The molecule has 6 nitrogen and oxygen atoms in total. The number of carbonyl (C=O) groups is 1. The fraction of sp³-hybridized carbons (Fsp3) is 0.435. The lowest BCUT2D eigenvalue weighted by atomic mass is 9.74. The second kappa shape index (κ2) is 7.17. The molecular weight excluding hydrogens is 362 g/mol. The lowest BCUT2D eigenvalue weighted by Crippen LogP contribution is -2.37. The van der Waals surface area contributed by atoms with Crippen LogP contribution in [0.3, 0.4) is 0 Å². The average molecular weight is 392 g/mol. The molecule has 0 saturated heterocycles. The number of amides is 1. The Labute approximate surface area is 171 Å². The molecule has 1 aromatic carbocycles. The van der Waals surface area contributed by atoms with Crippen LogP contribution < -0.4 is 5.32 Å². The number of carbonyl (C=O) groups excluding carboxylic acids is 1. The number of aryl methyl sites for hydroxylation is 2. The maximum Gasteiger partial charge on any atom is 0.272 e. The fourth-order valence-corrected chi connectivity index (χ4v) is 4.41. The van der Waals surface area contributed by atoms with Crippen LogP contribution in [0.25, 0.3) is 5.69 Å². The number of hydrogen-bond acceptors (Lipinski definition) is 3. The van der Waals surface area contributed by atoms with Crippen LogP contribution in [0, 0.1) is 19.3 Å². The van der Waals surface area contributed by atoms with E-state index in [0.29, 0.717) is 5.69 Å². The van der Waals surface area contributed by atoms with Crippen LogP contribution in [0.1, 0.15) is 71.8 Å². The molecule has 0 saturated carbocycles. The number of fused-ring (bicyclic) bond motifs is 1. The van der Waals surface area contributed by atoms with Crippen molar-refractivity contribution in [3.05, 3.63) is 64.2 Å². The van der Waals surface area contributed by atoms with Crippen molar-refractivity contribution in [3.63, 3.8) is 0 Å². The van der Waals surface area contributed by atoms with Crippen molar-refractivity contribution in [3.8, 4) is 5.69 Å². The van der Waals surface area contributed by atoms with Gasteiger partial charge in [-0.25, -0.2) is 4.68 Å². The highest BCUT2D eigenvalue weighted by Crippen LogP contribution is 2.41. The largest absolute Gasteiger partial charge is 0.344 e. The van der Waals surface area contributed by atoms with Gasteiger partial charge in [-0.1, -0.05) is 39.0 Å². The molecule has 1 amide bonds. The summed E-state index contributed by atoms with van der Waals surface area (Å²) in [5.41, 5.74) is 7.02. The van der Waals surface area contributed by atoms with Crippen LogP contribution in [0.2, 0.25) is 0 Å². The van der Waals surface area contributed by atoms with Gasteiger partial charge in [0.2, 0.25) is 0 Å². The third-order valence-corrected chi connectivity index (χ3v) is 6.01. The lowest BCUT2D eigenvalue weighted by Gasteiger charge is -2.36. The zero-order chi connectivity index (χ0) is 20.8. The number of nitrogens with one attached hydrogen (secondary N) is 2. The summed E-state index contributed by atoms with van der Waals surface area (Å²) in [7, 11) is 0. The average Bonchev–Trinajstić information content (AvgIpc) is 3.24. The van der Waals surface area contributed by atoms with Crippen molar-refractivity contribution in [1.82, 2.24) is 25.3 Å². The van der Waals surface area contributed by atoms with Gasteiger partial charge in [-0.3, -0.25) is 9.89 Å². The normalized spacial score (nSPS) is 17.8. The third-order valence-electron chi connectivity index (χ3n) is 6.01. The highest BCUT2D eigenvalue weighted by molar-refractivity contribution is 5.94. The summed E-state index contributed by atoms with van der Waals surface area (Å²) in [6.45, 7) is 10.6. The van der Waals surface area contributed by atoms with E-state index in [2.05, 4.69) is 55.3 Å². The van der Waals surface area contributed by atoms with Gasteiger partial charge in [0, 0.05) is 16.8 Å². The number of rotatable bonds is 4. The standard InChI is InChI=1S/C23H29N5O/c1-6-17-15(3)21(27-26-17)22(29)25-18-11-23(4,5)12-20-16(18)13-24-28(20)19-10-8-7-9-14(19)2/h7-10,13,18H,6,11-12H2,1-5H3,(H,25,29)(H,26,27)/t18-/m0/s1. The Morgan fingerprint density at radius 1 is 1.31 bits per heavy atom. The summed E-state index contributed by atoms with van der Waals surface area (Å²) in [5, 5.41) is 15.2. The van der Waals surface area contributed by atoms with E-state index in [9.17, 15) is 4.79 Å². The van der Waals surface area contributed by atoms with Crippen molar-refractivity contribution in [2.24, 2.45) is 5.41 Å². The van der Waals surface area contributed by atoms with E-state index in [0.717, 1.165) is 41.8 Å². The maximum atomic E-state index is 13.0. The minimum absolute atomic E-state index is 0.0562. The van der Waals surface area contributed by atoms with Crippen LogP contribution in [-0.2, 0) is 12.8 Å². The first-order chi connectivity index (χ1) is 13.8. The molecule has 3 aromatic rings. The number of benzene rings is 1. The first kappa shape index (κ1) is 19.4. The van der Waals surface area contributed by atoms with Crippen LogP contribution in [0.5, 0.6) is 0 Å². The number of H-pyrrole nitrogens is 1. The molecule has 0 fully saturated rings. The molecule has 2 heterocycles. The zero-order valence-electron chi connectivity index (χ0n) is 17.8. The smallest absolute Gasteiger partial charge is 0.272 e. The first-order valence-corrected chi connectivity index (χ1v) is 10.3. The van der Waals surface area contributed by atoms with Crippen LogP contribution in [0.4, 0.5) is 0 Å². The van der Waals surface area contributed by atoms with Gasteiger partial charge in [-0.05, 0) is 50.2 Å². The Bertz CT molecular complexity index is 1060. The molecule has 4 rings (SSSR count). The first-order valence-electron chi connectivity index (χ1n) is 10.3. The van der Waals surface area contributed by atoms with E-state index >= 15 is 0 Å². The second-order valence-corrected chi connectivity index (χ2v) is 8.85. The summed E-state index contributed by atoms with van der Waals surface area (Å²) in [6.07, 6.45) is 4.53. The van der Waals surface area contributed by atoms with E-state index < -0.39 is 0 Å². The predicted octanol–water partition coefficient (Wildman–Crippen LogP) is 4.22. The summed E-state index contributed by atoms with van der Waals surface area (Å²) < 4.78 is 2.04.